The van der Waals surface area contributed by atoms with Crippen LogP contribution < -0.4 is 11.5 Å². The normalized spacial score (nSPS) is 12.9. The standard InChI is InChI=1S/C9H23BN2O2/c1-3-13-10(14-4-2)9(12)7-5-6-8-11/h9H,3-8,11-12H2,1-2H3/t9-/m0/s1. The van der Waals surface area contributed by atoms with Gasteiger partial charge in [0, 0.05) is 19.2 Å². The molecule has 0 heterocycles. The summed E-state index contributed by atoms with van der Waals surface area (Å²) in [7, 11) is -0.261. The van der Waals surface area contributed by atoms with Crippen LogP contribution in [-0.2, 0) is 9.31 Å². The number of hydrogen-bond acceptors (Lipinski definition) is 4. The predicted molar refractivity (Wildman–Crippen MR) is 59.9 cm³/mol. The van der Waals surface area contributed by atoms with Gasteiger partial charge in [0.1, 0.15) is 0 Å². The van der Waals surface area contributed by atoms with Gasteiger partial charge in [-0.3, -0.25) is 0 Å². The van der Waals surface area contributed by atoms with Gasteiger partial charge in [-0.25, -0.2) is 0 Å². The van der Waals surface area contributed by atoms with Crippen LogP contribution in [-0.4, -0.2) is 32.8 Å². The topological polar surface area (TPSA) is 70.5 Å². The number of nitrogens with two attached hydrogens (primary N) is 2. The summed E-state index contributed by atoms with van der Waals surface area (Å²) in [5.41, 5.74) is 11.3. The SMILES string of the molecule is CCOB(OCC)[C@@H](N)CCCCN. The summed E-state index contributed by atoms with van der Waals surface area (Å²) in [4.78, 5) is 0. The second-order valence-electron chi connectivity index (χ2n) is 3.23. The lowest BCUT2D eigenvalue weighted by molar-refractivity contribution is 0.203. The van der Waals surface area contributed by atoms with Gasteiger partial charge in [-0.15, -0.1) is 0 Å². The van der Waals surface area contributed by atoms with E-state index in [0.717, 1.165) is 25.8 Å². The van der Waals surface area contributed by atoms with Crippen LogP contribution in [0, 0.1) is 0 Å². The summed E-state index contributed by atoms with van der Waals surface area (Å²) in [5.74, 6) is -0.0403. The van der Waals surface area contributed by atoms with Crippen molar-refractivity contribution >= 4 is 7.12 Å². The predicted octanol–water partition coefficient (Wildman–Crippen LogP) is 0.543. The zero-order valence-electron chi connectivity index (χ0n) is 9.37. The molecule has 4 nitrogen and oxygen atoms in total. The van der Waals surface area contributed by atoms with Crippen LogP contribution in [0.1, 0.15) is 33.1 Å². The quantitative estimate of drug-likeness (QED) is 0.423. The van der Waals surface area contributed by atoms with Crippen LogP contribution in [0.5, 0.6) is 0 Å². The molecule has 0 aromatic rings. The van der Waals surface area contributed by atoms with Gasteiger partial charge in [0.2, 0.25) is 0 Å². The molecule has 0 saturated carbocycles. The van der Waals surface area contributed by atoms with Crippen molar-refractivity contribution in [3.63, 3.8) is 0 Å². The molecule has 0 aliphatic rings. The first-order chi connectivity index (χ1) is 6.76. The molecular formula is C9H23BN2O2. The Bertz CT molecular complexity index is 121. The average Bonchev–Trinajstić information content (AvgIpc) is 2.18. The fraction of sp³-hybridized carbons (Fsp3) is 1.00. The molecule has 5 heteroatoms. The molecule has 0 bridgehead atoms. The van der Waals surface area contributed by atoms with E-state index in [2.05, 4.69) is 0 Å². The minimum atomic E-state index is -0.261. The van der Waals surface area contributed by atoms with Crippen molar-refractivity contribution < 1.29 is 9.31 Å². The van der Waals surface area contributed by atoms with Gasteiger partial charge in [-0.05, 0) is 33.2 Å². The average molecular weight is 202 g/mol. The van der Waals surface area contributed by atoms with E-state index in [1.54, 1.807) is 0 Å². The molecular weight excluding hydrogens is 179 g/mol. The summed E-state index contributed by atoms with van der Waals surface area (Å²) < 4.78 is 10.8. The molecule has 0 radical (unpaired) electrons. The van der Waals surface area contributed by atoms with E-state index in [-0.39, 0.29) is 13.1 Å². The van der Waals surface area contributed by atoms with Crippen LogP contribution in [0.3, 0.4) is 0 Å². The first-order valence-corrected chi connectivity index (χ1v) is 5.45. The third-order valence-corrected chi connectivity index (χ3v) is 2.00. The molecule has 0 saturated heterocycles. The lowest BCUT2D eigenvalue weighted by Crippen LogP contribution is -2.43. The Morgan fingerprint density at radius 3 is 2.14 bits per heavy atom. The Kier molecular flexibility index (Phi) is 9.40. The second-order valence-corrected chi connectivity index (χ2v) is 3.23. The molecule has 0 unspecified atom stereocenters. The number of rotatable bonds is 9. The van der Waals surface area contributed by atoms with Gasteiger partial charge in [-0.1, -0.05) is 6.42 Å². The van der Waals surface area contributed by atoms with E-state index in [1.165, 1.54) is 0 Å². The van der Waals surface area contributed by atoms with Crippen molar-refractivity contribution in [3.05, 3.63) is 0 Å². The smallest absolute Gasteiger partial charge is 0.410 e. The maximum absolute atomic E-state index is 5.94. The van der Waals surface area contributed by atoms with E-state index in [4.69, 9.17) is 20.8 Å². The van der Waals surface area contributed by atoms with Crippen molar-refractivity contribution in [2.24, 2.45) is 11.5 Å². The summed E-state index contributed by atoms with van der Waals surface area (Å²) in [6, 6.07) is 0. The van der Waals surface area contributed by atoms with Gasteiger partial charge >= 0.3 is 7.12 Å². The van der Waals surface area contributed by atoms with Gasteiger partial charge in [0.25, 0.3) is 0 Å². The largest absolute Gasteiger partial charge is 0.474 e. The van der Waals surface area contributed by atoms with Crippen LogP contribution in [0.4, 0.5) is 0 Å². The molecule has 0 fully saturated rings. The van der Waals surface area contributed by atoms with Crippen molar-refractivity contribution in [1.29, 1.82) is 0 Å². The molecule has 0 aliphatic carbocycles. The third-order valence-electron chi connectivity index (χ3n) is 2.00. The number of hydrogen-bond donors (Lipinski definition) is 2. The minimum Gasteiger partial charge on any atom is -0.410 e. The minimum absolute atomic E-state index is 0.0403. The van der Waals surface area contributed by atoms with Crippen LogP contribution in [0.2, 0.25) is 0 Å². The lowest BCUT2D eigenvalue weighted by Gasteiger charge is -2.18. The zero-order chi connectivity index (χ0) is 10.8. The molecule has 0 amide bonds. The highest BCUT2D eigenvalue weighted by Gasteiger charge is 2.25. The van der Waals surface area contributed by atoms with E-state index in [1.807, 2.05) is 13.8 Å². The van der Waals surface area contributed by atoms with Crippen molar-refractivity contribution in [1.82, 2.24) is 0 Å². The fourth-order valence-corrected chi connectivity index (χ4v) is 1.28. The third kappa shape index (κ3) is 6.37. The lowest BCUT2D eigenvalue weighted by atomic mass is 9.76. The van der Waals surface area contributed by atoms with Gasteiger partial charge in [0.15, 0.2) is 0 Å². The Morgan fingerprint density at radius 2 is 1.71 bits per heavy atom. The molecule has 14 heavy (non-hydrogen) atoms. The molecule has 4 N–H and O–H groups in total. The molecule has 0 aliphatic heterocycles. The van der Waals surface area contributed by atoms with Gasteiger partial charge in [0.05, 0.1) is 0 Å². The van der Waals surface area contributed by atoms with Crippen molar-refractivity contribution in [3.8, 4) is 0 Å². The molecule has 0 rings (SSSR count). The molecule has 0 aromatic carbocycles. The Balaban J connectivity index is 3.69. The summed E-state index contributed by atoms with van der Waals surface area (Å²) >= 11 is 0. The molecule has 0 aromatic heterocycles. The van der Waals surface area contributed by atoms with E-state index < -0.39 is 0 Å². The maximum atomic E-state index is 5.94. The van der Waals surface area contributed by atoms with Crippen LogP contribution in [0.25, 0.3) is 0 Å². The summed E-state index contributed by atoms with van der Waals surface area (Å²) in [6.45, 7) is 5.88. The number of unbranched alkanes of at least 4 members (excludes halogenated alkanes) is 1. The highest BCUT2D eigenvalue weighted by molar-refractivity contribution is 6.46. The maximum Gasteiger partial charge on any atom is 0.474 e. The zero-order valence-corrected chi connectivity index (χ0v) is 9.37. The Morgan fingerprint density at radius 1 is 1.14 bits per heavy atom. The molecule has 1 atom stereocenters. The monoisotopic (exact) mass is 202 g/mol. The highest BCUT2D eigenvalue weighted by atomic mass is 16.6. The summed E-state index contributed by atoms with van der Waals surface area (Å²) in [6.07, 6.45) is 2.95. The molecule has 0 spiro atoms. The van der Waals surface area contributed by atoms with E-state index >= 15 is 0 Å². The Labute approximate surface area is 87.5 Å². The van der Waals surface area contributed by atoms with Crippen molar-refractivity contribution in [2.75, 3.05) is 19.8 Å². The van der Waals surface area contributed by atoms with Crippen molar-refractivity contribution in [2.45, 2.75) is 39.1 Å². The first-order valence-electron chi connectivity index (χ1n) is 5.45. The first kappa shape index (κ1) is 13.9. The fourth-order valence-electron chi connectivity index (χ4n) is 1.28. The van der Waals surface area contributed by atoms with Crippen LogP contribution >= 0.6 is 0 Å². The van der Waals surface area contributed by atoms with Gasteiger partial charge < -0.3 is 20.8 Å². The molecule has 84 valence electrons. The second kappa shape index (κ2) is 9.46. The Hall–Kier alpha value is -0.0951. The van der Waals surface area contributed by atoms with Crippen LogP contribution in [0.15, 0.2) is 0 Å². The summed E-state index contributed by atoms with van der Waals surface area (Å²) in [5, 5.41) is 0. The highest BCUT2D eigenvalue weighted by Crippen LogP contribution is 2.04. The van der Waals surface area contributed by atoms with E-state index in [9.17, 15) is 0 Å². The van der Waals surface area contributed by atoms with Gasteiger partial charge in [-0.2, -0.15) is 0 Å². The van der Waals surface area contributed by atoms with E-state index in [0.29, 0.717) is 13.2 Å².